The molecule has 2 aromatic rings. The lowest BCUT2D eigenvalue weighted by atomic mass is 10.1. The highest BCUT2D eigenvalue weighted by molar-refractivity contribution is 7.92. The van der Waals surface area contributed by atoms with Gasteiger partial charge in [0, 0.05) is 26.6 Å². The molecule has 8 nitrogen and oxygen atoms in total. The van der Waals surface area contributed by atoms with Crippen LogP contribution in [0.15, 0.2) is 48.5 Å². The van der Waals surface area contributed by atoms with Crippen LogP contribution in [0.3, 0.4) is 0 Å². The number of hydrogen-bond donors (Lipinski definition) is 1. The zero-order valence-electron chi connectivity index (χ0n) is 20.0. The van der Waals surface area contributed by atoms with Gasteiger partial charge in [-0.25, -0.2) is 12.8 Å². The van der Waals surface area contributed by atoms with Crippen molar-refractivity contribution in [2.75, 3.05) is 30.8 Å². The summed E-state index contributed by atoms with van der Waals surface area (Å²) in [5, 5.41) is 2.53. The van der Waals surface area contributed by atoms with Crippen LogP contribution in [0.5, 0.6) is 5.75 Å². The highest BCUT2D eigenvalue weighted by atomic mass is 32.2. The van der Waals surface area contributed by atoms with Crippen molar-refractivity contribution in [1.82, 2.24) is 10.2 Å². The summed E-state index contributed by atoms with van der Waals surface area (Å²) in [6.07, 6.45) is 1.39. The van der Waals surface area contributed by atoms with Crippen LogP contribution in [0.25, 0.3) is 0 Å². The lowest BCUT2D eigenvalue weighted by Gasteiger charge is -2.29. The first-order valence-corrected chi connectivity index (χ1v) is 12.9. The molecule has 1 atom stereocenters. The summed E-state index contributed by atoms with van der Waals surface area (Å²) >= 11 is 0. The second-order valence-electron chi connectivity index (χ2n) is 7.80. The fourth-order valence-electron chi connectivity index (χ4n) is 3.46. The number of amides is 2. The molecule has 1 N–H and O–H groups in total. The van der Waals surface area contributed by atoms with Crippen molar-refractivity contribution in [2.45, 2.75) is 39.3 Å². The molecule has 10 heteroatoms. The van der Waals surface area contributed by atoms with Gasteiger partial charge in [0.1, 0.15) is 17.6 Å². The SMILES string of the molecule is CCOc1ccc(N(CCCC(=O)N(Cc2ccc(F)cc2)[C@H](C)C(=O)NC)S(C)(=O)=O)cc1. The number of carbonyl (C=O) groups is 2. The third-order valence-electron chi connectivity index (χ3n) is 5.27. The van der Waals surface area contributed by atoms with Crippen LogP contribution < -0.4 is 14.4 Å². The van der Waals surface area contributed by atoms with Gasteiger partial charge in [-0.3, -0.25) is 13.9 Å². The number of likely N-dealkylation sites (N-methyl/N-ethyl adjacent to an activating group) is 1. The van der Waals surface area contributed by atoms with E-state index in [1.54, 1.807) is 43.3 Å². The molecular formula is C24H32FN3O5S. The van der Waals surface area contributed by atoms with Crippen LogP contribution in [-0.2, 0) is 26.2 Å². The summed E-state index contributed by atoms with van der Waals surface area (Å²) in [5.41, 5.74) is 1.15. The summed E-state index contributed by atoms with van der Waals surface area (Å²) in [6.45, 7) is 4.20. The number of nitrogens with one attached hydrogen (secondary N) is 1. The minimum Gasteiger partial charge on any atom is -0.494 e. The Morgan fingerprint density at radius 3 is 2.24 bits per heavy atom. The second kappa shape index (κ2) is 12.4. The lowest BCUT2D eigenvalue weighted by molar-refractivity contribution is -0.140. The van der Waals surface area contributed by atoms with E-state index in [0.29, 0.717) is 23.6 Å². The number of halogens is 1. The largest absolute Gasteiger partial charge is 0.494 e. The number of anilines is 1. The van der Waals surface area contributed by atoms with Gasteiger partial charge in [-0.1, -0.05) is 12.1 Å². The van der Waals surface area contributed by atoms with Gasteiger partial charge >= 0.3 is 0 Å². The van der Waals surface area contributed by atoms with Crippen molar-refractivity contribution in [3.05, 3.63) is 59.9 Å². The van der Waals surface area contributed by atoms with E-state index < -0.39 is 21.9 Å². The van der Waals surface area contributed by atoms with Crippen molar-refractivity contribution >= 4 is 27.5 Å². The van der Waals surface area contributed by atoms with E-state index in [1.165, 1.54) is 28.4 Å². The van der Waals surface area contributed by atoms with E-state index in [4.69, 9.17) is 4.74 Å². The maximum Gasteiger partial charge on any atom is 0.242 e. The predicted molar refractivity (Wildman–Crippen MR) is 130 cm³/mol. The van der Waals surface area contributed by atoms with Gasteiger partial charge in [0.15, 0.2) is 0 Å². The molecule has 0 bridgehead atoms. The molecule has 0 radical (unpaired) electrons. The first kappa shape index (κ1) is 27.1. The van der Waals surface area contributed by atoms with Crippen molar-refractivity contribution in [2.24, 2.45) is 0 Å². The minimum absolute atomic E-state index is 0.0333. The maximum atomic E-state index is 13.3. The average molecular weight is 494 g/mol. The van der Waals surface area contributed by atoms with Crippen LogP contribution in [-0.4, -0.2) is 57.6 Å². The van der Waals surface area contributed by atoms with Gasteiger partial charge in [-0.2, -0.15) is 0 Å². The molecule has 0 unspecified atom stereocenters. The molecule has 0 aliphatic carbocycles. The molecule has 2 aromatic carbocycles. The quantitative estimate of drug-likeness (QED) is 0.491. The van der Waals surface area contributed by atoms with E-state index in [0.717, 1.165) is 6.26 Å². The van der Waals surface area contributed by atoms with Crippen molar-refractivity contribution in [3.8, 4) is 5.75 Å². The summed E-state index contributed by atoms with van der Waals surface area (Å²) < 4.78 is 44.6. The number of nitrogens with zero attached hydrogens (tertiary/aromatic N) is 2. The van der Waals surface area contributed by atoms with Gasteiger partial charge in [0.25, 0.3) is 0 Å². The fraction of sp³-hybridized carbons (Fsp3) is 0.417. The number of benzene rings is 2. The van der Waals surface area contributed by atoms with Crippen molar-refractivity contribution in [3.63, 3.8) is 0 Å². The zero-order valence-corrected chi connectivity index (χ0v) is 20.8. The normalized spacial score (nSPS) is 12.0. The van der Waals surface area contributed by atoms with E-state index in [9.17, 15) is 22.4 Å². The first-order valence-electron chi connectivity index (χ1n) is 11.0. The maximum absolute atomic E-state index is 13.3. The summed E-state index contributed by atoms with van der Waals surface area (Å²) in [6, 6.07) is 11.7. The van der Waals surface area contributed by atoms with Crippen LogP contribution in [0.2, 0.25) is 0 Å². The van der Waals surface area contributed by atoms with Gasteiger partial charge in [0.05, 0.1) is 18.6 Å². The van der Waals surface area contributed by atoms with Crippen molar-refractivity contribution in [1.29, 1.82) is 0 Å². The lowest BCUT2D eigenvalue weighted by Crippen LogP contribution is -2.46. The van der Waals surface area contributed by atoms with Gasteiger partial charge in [0.2, 0.25) is 21.8 Å². The summed E-state index contributed by atoms with van der Waals surface area (Å²) in [5.74, 6) is -0.395. The molecule has 0 aromatic heterocycles. The van der Waals surface area contributed by atoms with Crippen LogP contribution in [0.4, 0.5) is 10.1 Å². The summed E-state index contributed by atoms with van der Waals surface area (Å²) in [4.78, 5) is 26.7. The molecule has 34 heavy (non-hydrogen) atoms. The molecule has 0 spiro atoms. The van der Waals surface area contributed by atoms with Gasteiger partial charge in [-0.15, -0.1) is 0 Å². The molecule has 0 heterocycles. The second-order valence-corrected chi connectivity index (χ2v) is 9.71. The Balaban J connectivity index is 2.12. The van der Waals surface area contributed by atoms with Crippen LogP contribution in [0, 0.1) is 5.82 Å². The Labute approximate surface area is 200 Å². The molecule has 2 amide bonds. The predicted octanol–water partition coefficient (Wildman–Crippen LogP) is 2.93. The third-order valence-corrected chi connectivity index (χ3v) is 6.46. The number of hydrogen-bond acceptors (Lipinski definition) is 5. The van der Waals surface area contributed by atoms with Crippen LogP contribution >= 0.6 is 0 Å². The van der Waals surface area contributed by atoms with Crippen LogP contribution in [0.1, 0.15) is 32.3 Å². The standard InChI is InChI=1S/C24H32FN3O5S/c1-5-33-22-14-12-21(13-15-22)28(34(4,31)32)16-6-7-23(29)27(18(2)24(30)26-3)17-19-8-10-20(25)11-9-19/h8-15,18H,5-7,16-17H2,1-4H3,(H,26,30)/t18-/m1/s1. The Hall–Kier alpha value is -3.14. The van der Waals surface area contributed by atoms with Gasteiger partial charge < -0.3 is 15.0 Å². The van der Waals surface area contributed by atoms with E-state index in [-0.39, 0.29) is 37.7 Å². The third kappa shape index (κ3) is 7.72. The summed E-state index contributed by atoms with van der Waals surface area (Å²) in [7, 11) is -2.09. The Morgan fingerprint density at radius 1 is 1.09 bits per heavy atom. The molecule has 0 saturated carbocycles. The number of rotatable bonds is 12. The number of ether oxygens (including phenoxy) is 1. The van der Waals surface area contributed by atoms with Gasteiger partial charge in [-0.05, 0) is 62.2 Å². The molecular weight excluding hydrogens is 461 g/mol. The topological polar surface area (TPSA) is 96.0 Å². The minimum atomic E-state index is -3.58. The average Bonchev–Trinajstić information content (AvgIpc) is 2.80. The Morgan fingerprint density at radius 2 is 1.71 bits per heavy atom. The van der Waals surface area contributed by atoms with E-state index in [1.807, 2.05) is 6.92 Å². The molecule has 0 fully saturated rings. The monoisotopic (exact) mass is 493 g/mol. The van der Waals surface area contributed by atoms with Crippen molar-refractivity contribution < 1.29 is 27.1 Å². The van der Waals surface area contributed by atoms with E-state index in [2.05, 4.69) is 5.32 Å². The number of carbonyl (C=O) groups excluding carboxylic acids is 2. The Bertz CT molecular complexity index is 1060. The van der Waals surface area contributed by atoms with E-state index >= 15 is 0 Å². The molecule has 186 valence electrons. The first-order chi connectivity index (χ1) is 16.1. The highest BCUT2D eigenvalue weighted by Gasteiger charge is 2.26. The number of sulfonamides is 1. The fourth-order valence-corrected chi connectivity index (χ4v) is 4.42. The highest BCUT2D eigenvalue weighted by Crippen LogP contribution is 2.22. The molecule has 0 aliphatic rings. The Kier molecular flexibility index (Phi) is 9.85. The smallest absolute Gasteiger partial charge is 0.242 e. The molecule has 0 aliphatic heterocycles. The molecule has 2 rings (SSSR count). The molecule has 0 saturated heterocycles. The zero-order chi connectivity index (χ0) is 25.3.